The molecule has 2 aromatic carbocycles. The van der Waals surface area contributed by atoms with E-state index in [4.69, 9.17) is 4.52 Å². The third-order valence-corrected chi connectivity index (χ3v) is 2.72. The molecule has 0 radical (unpaired) electrons. The Morgan fingerprint density at radius 2 is 1.90 bits per heavy atom. The predicted molar refractivity (Wildman–Crippen MR) is 68.5 cm³/mol. The molecule has 2 N–H and O–H groups in total. The second kappa shape index (κ2) is 4.65. The van der Waals surface area contributed by atoms with Crippen LogP contribution in [-0.2, 0) is 0 Å². The van der Waals surface area contributed by atoms with E-state index < -0.39 is 5.82 Å². The molecule has 3 rings (SSSR count). The largest absolute Gasteiger partial charge is 0.508 e. The van der Waals surface area contributed by atoms with Crippen LogP contribution in [-0.4, -0.2) is 20.4 Å². The molecule has 0 aliphatic carbocycles. The van der Waals surface area contributed by atoms with E-state index >= 15 is 0 Å². The third-order valence-electron chi connectivity index (χ3n) is 2.72. The molecule has 100 valence electrons. The molecular formula is C14H9FN2O3. The van der Waals surface area contributed by atoms with Crippen LogP contribution in [0, 0.1) is 5.82 Å². The minimum Gasteiger partial charge on any atom is -0.508 e. The van der Waals surface area contributed by atoms with Crippen molar-refractivity contribution in [1.29, 1.82) is 0 Å². The SMILES string of the molecule is Oc1cccc(-c2noc(-c3cc(F)ccc3O)n2)c1. The van der Waals surface area contributed by atoms with Gasteiger partial charge in [0.1, 0.15) is 17.3 Å². The first kappa shape index (κ1) is 12.2. The Balaban J connectivity index is 2.04. The molecule has 0 spiro atoms. The highest BCUT2D eigenvalue weighted by Gasteiger charge is 2.15. The Morgan fingerprint density at radius 3 is 2.70 bits per heavy atom. The summed E-state index contributed by atoms with van der Waals surface area (Å²) < 4.78 is 18.2. The molecule has 0 aliphatic heterocycles. The molecular weight excluding hydrogens is 263 g/mol. The van der Waals surface area contributed by atoms with Crippen molar-refractivity contribution in [2.45, 2.75) is 0 Å². The highest BCUT2D eigenvalue weighted by molar-refractivity contribution is 5.65. The number of aromatic hydroxyl groups is 2. The Morgan fingerprint density at radius 1 is 1.05 bits per heavy atom. The monoisotopic (exact) mass is 272 g/mol. The fourth-order valence-electron chi connectivity index (χ4n) is 1.77. The molecule has 1 heterocycles. The van der Waals surface area contributed by atoms with Gasteiger partial charge in [0, 0.05) is 5.56 Å². The fraction of sp³-hybridized carbons (Fsp3) is 0. The van der Waals surface area contributed by atoms with Crippen molar-refractivity contribution in [1.82, 2.24) is 10.1 Å². The standard InChI is InChI=1S/C14H9FN2O3/c15-9-4-5-12(19)11(7-9)14-16-13(17-20-14)8-2-1-3-10(18)6-8/h1-7,18-19H. The van der Waals surface area contributed by atoms with Gasteiger partial charge in [0.15, 0.2) is 0 Å². The van der Waals surface area contributed by atoms with E-state index in [-0.39, 0.29) is 28.8 Å². The zero-order valence-electron chi connectivity index (χ0n) is 10.1. The maximum Gasteiger partial charge on any atom is 0.262 e. The molecule has 0 amide bonds. The zero-order valence-corrected chi connectivity index (χ0v) is 10.1. The van der Waals surface area contributed by atoms with E-state index in [2.05, 4.69) is 10.1 Å². The minimum absolute atomic E-state index is 0.000317. The molecule has 0 atom stereocenters. The first-order valence-electron chi connectivity index (χ1n) is 5.75. The summed E-state index contributed by atoms with van der Waals surface area (Å²) in [4.78, 5) is 4.08. The number of hydrogen-bond donors (Lipinski definition) is 2. The molecule has 0 saturated heterocycles. The summed E-state index contributed by atoms with van der Waals surface area (Å²) in [5.74, 6) is -0.366. The second-order valence-electron chi connectivity index (χ2n) is 4.13. The third kappa shape index (κ3) is 2.18. The molecule has 0 bridgehead atoms. The quantitative estimate of drug-likeness (QED) is 0.749. The molecule has 0 fully saturated rings. The fourth-order valence-corrected chi connectivity index (χ4v) is 1.77. The van der Waals surface area contributed by atoms with Crippen LogP contribution in [0.4, 0.5) is 4.39 Å². The van der Waals surface area contributed by atoms with Crippen molar-refractivity contribution in [2.75, 3.05) is 0 Å². The van der Waals surface area contributed by atoms with Crippen molar-refractivity contribution < 1.29 is 19.1 Å². The van der Waals surface area contributed by atoms with E-state index in [9.17, 15) is 14.6 Å². The maximum absolute atomic E-state index is 13.2. The number of phenolic OH excluding ortho intramolecular Hbond substituents is 2. The summed E-state index contributed by atoms with van der Waals surface area (Å²) >= 11 is 0. The van der Waals surface area contributed by atoms with Crippen LogP contribution < -0.4 is 0 Å². The molecule has 1 aromatic heterocycles. The first-order chi connectivity index (χ1) is 9.63. The van der Waals surface area contributed by atoms with Crippen LogP contribution in [0.25, 0.3) is 22.8 Å². The number of benzene rings is 2. The number of halogens is 1. The molecule has 20 heavy (non-hydrogen) atoms. The van der Waals surface area contributed by atoms with E-state index in [1.54, 1.807) is 12.1 Å². The van der Waals surface area contributed by atoms with Gasteiger partial charge in [-0.15, -0.1) is 0 Å². The average Bonchev–Trinajstić information content (AvgIpc) is 2.91. The van der Waals surface area contributed by atoms with Crippen molar-refractivity contribution in [3.8, 4) is 34.3 Å². The van der Waals surface area contributed by atoms with Gasteiger partial charge in [0.05, 0.1) is 5.56 Å². The lowest BCUT2D eigenvalue weighted by atomic mass is 10.2. The van der Waals surface area contributed by atoms with E-state index in [1.807, 2.05) is 0 Å². The van der Waals surface area contributed by atoms with Gasteiger partial charge in [-0.05, 0) is 30.3 Å². The maximum atomic E-state index is 13.2. The van der Waals surface area contributed by atoms with Gasteiger partial charge in [-0.3, -0.25) is 0 Å². The van der Waals surface area contributed by atoms with Crippen molar-refractivity contribution in [3.05, 3.63) is 48.3 Å². The molecule has 0 aliphatic rings. The lowest BCUT2D eigenvalue weighted by Gasteiger charge is -1.98. The van der Waals surface area contributed by atoms with Gasteiger partial charge in [-0.25, -0.2) is 4.39 Å². The second-order valence-corrected chi connectivity index (χ2v) is 4.13. The summed E-state index contributed by atoms with van der Waals surface area (Å²) in [6.07, 6.45) is 0. The highest BCUT2D eigenvalue weighted by Crippen LogP contribution is 2.30. The zero-order chi connectivity index (χ0) is 14.1. The Labute approximate surface area is 112 Å². The van der Waals surface area contributed by atoms with Crippen molar-refractivity contribution in [2.24, 2.45) is 0 Å². The van der Waals surface area contributed by atoms with Crippen molar-refractivity contribution in [3.63, 3.8) is 0 Å². The number of phenols is 2. The molecule has 0 unspecified atom stereocenters. The van der Waals surface area contributed by atoms with Crippen LogP contribution in [0.1, 0.15) is 0 Å². The van der Waals surface area contributed by atoms with E-state index in [0.29, 0.717) is 5.56 Å². The summed E-state index contributed by atoms with van der Waals surface area (Å²) in [5.41, 5.74) is 0.666. The highest BCUT2D eigenvalue weighted by atomic mass is 19.1. The minimum atomic E-state index is -0.519. The average molecular weight is 272 g/mol. The Bertz CT molecular complexity index is 771. The normalized spacial score (nSPS) is 10.7. The summed E-state index contributed by atoms with van der Waals surface area (Å²) in [5, 5.41) is 22.8. The topological polar surface area (TPSA) is 79.4 Å². The molecule has 6 heteroatoms. The van der Waals surface area contributed by atoms with Gasteiger partial charge >= 0.3 is 0 Å². The number of nitrogens with zero attached hydrogens (tertiary/aromatic N) is 2. The number of aromatic nitrogens is 2. The van der Waals surface area contributed by atoms with Crippen LogP contribution >= 0.6 is 0 Å². The Kier molecular flexibility index (Phi) is 2.83. The van der Waals surface area contributed by atoms with Crippen molar-refractivity contribution >= 4 is 0 Å². The first-order valence-corrected chi connectivity index (χ1v) is 5.75. The lowest BCUT2D eigenvalue weighted by Crippen LogP contribution is -1.83. The van der Waals surface area contributed by atoms with Crippen LogP contribution in [0.2, 0.25) is 0 Å². The Hall–Kier alpha value is -2.89. The number of rotatable bonds is 2. The summed E-state index contributed by atoms with van der Waals surface area (Å²) in [6.45, 7) is 0. The predicted octanol–water partition coefficient (Wildman–Crippen LogP) is 2.95. The summed E-state index contributed by atoms with van der Waals surface area (Å²) in [7, 11) is 0. The van der Waals surface area contributed by atoms with Crippen LogP contribution in [0.3, 0.4) is 0 Å². The van der Waals surface area contributed by atoms with Gasteiger partial charge in [-0.1, -0.05) is 17.3 Å². The van der Waals surface area contributed by atoms with Gasteiger partial charge in [0.2, 0.25) is 5.82 Å². The molecule has 3 aromatic rings. The summed E-state index contributed by atoms with van der Waals surface area (Å²) in [6, 6.07) is 9.77. The van der Waals surface area contributed by atoms with E-state index in [1.165, 1.54) is 18.2 Å². The van der Waals surface area contributed by atoms with Gasteiger partial charge in [-0.2, -0.15) is 4.98 Å². The lowest BCUT2D eigenvalue weighted by molar-refractivity contribution is 0.425. The number of hydrogen-bond acceptors (Lipinski definition) is 5. The van der Waals surface area contributed by atoms with Crippen LogP contribution in [0.15, 0.2) is 47.0 Å². The smallest absolute Gasteiger partial charge is 0.262 e. The van der Waals surface area contributed by atoms with E-state index in [0.717, 1.165) is 12.1 Å². The van der Waals surface area contributed by atoms with Gasteiger partial charge < -0.3 is 14.7 Å². The van der Waals surface area contributed by atoms with Gasteiger partial charge in [0.25, 0.3) is 5.89 Å². The molecule has 0 saturated carbocycles. The molecule has 5 nitrogen and oxygen atoms in total. The van der Waals surface area contributed by atoms with Crippen LogP contribution in [0.5, 0.6) is 11.5 Å².